The molecule has 6 nitrogen and oxygen atoms in total. The molecule has 0 N–H and O–H groups in total. The molecule has 1 saturated heterocycles. The van der Waals surface area contributed by atoms with Gasteiger partial charge in [0.2, 0.25) is 0 Å². The molecule has 1 heterocycles. The lowest BCUT2D eigenvalue weighted by Gasteiger charge is -2.45. The highest BCUT2D eigenvalue weighted by Crippen LogP contribution is 2.61. The first-order chi connectivity index (χ1) is 20.4. The maximum absolute atomic E-state index is 13.8. The molecule has 42 heavy (non-hydrogen) atoms. The van der Waals surface area contributed by atoms with Crippen molar-refractivity contribution in [3.63, 3.8) is 0 Å². The largest absolute Gasteiger partial charge is 0.493 e. The summed E-state index contributed by atoms with van der Waals surface area (Å²) in [4.78, 5) is 27.6. The fourth-order valence-corrected chi connectivity index (χ4v) is 7.38. The standard InChI is InChI=1S/C33H23Cl3N2O4/c1-41-26-13-17(12-25(36)31(26)42-16-18-10-11-19(34)14-24(18)35)15-37-38-32(39)29-27-20-6-2-3-7-21(20)28(30(29)33(38)40)23-9-5-4-8-22(23)27/h2-15,27-30H,16H2,1H3/b37-15-/t27?,28?,29-,30-/m1/s1. The number of amides is 2. The van der Waals surface area contributed by atoms with Gasteiger partial charge < -0.3 is 9.47 Å². The predicted molar refractivity (Wildman–Crippen MR) is 162 cm³/mol. The third-order valence-electron chi connectivity index (χ3n) is 8.39. The zero-order chi connectivity index (χ0) is 29.1. The number of imide groups is 1. The van der Waals surface area contributed by atoms with Crippen molar-refractivity contribution >= 4 is 52.8 Å². The summed E-state index contributed by atoms with van der Waals surface area (Å²) in [6.07, 6.45) is 1.45. The van der Waals surface area contributed by atoms with Gasteiger partial charge in [-0.25, -0.2) is 0 Å². The highest BCUT2D eigenvalue weighted by atomic mass is 35.5. The molecule has 9 heteroatoms. The maximum Gasteiger partial charge on any atom is 0.254 e. The Labute approximate surface area is 257 Å². The van der Waals surface area contributed by atoms with Crippen molar-refractivity contribution in [3.8, 4) is 11.5 Å². The lowest BCUT2D eigenvalue weighted by Crippen LogP contribution is -2.41. The van der Waals surface area contributed by atoms with Crippen molar-refractivity contribution in [3.05, 3.63) is 127 Å². The van der Waals surface area contributed by atoms with E-state index in [-0.39, 0.29) is 35.3 Å². The maximum atomic E-state index is 13.8. The molecular weight excluding hydrogens is 595 g/mol. The van der Waals surface area contributed by atoms with Gasteiger partial charge in [0.25, 0.3) is 11.8 Å². The van der Waals surface area contributed by atoms with Crippen molar-refractivity contribution in [2.45, 2.75) is 18.4 Å². The minimum absolute atomic E-state index is 0.145. The molecule has 1 aliphatic heterocycles. The molecule has 2 bridgehead atoms. The third kappa shape index (κ3) is 4.20. The minimum Gasteiger partial charge on any atom is -0.493 e. The number of methoxy groups -OCH3 is 1. The summed E-state index contributed by atoms with van der Waals surface area (Å²) in [7, 11) is 1.50. The van der Waals surface area contributed by atoms with Crippen LogP contribution in [0.2, 0.25) is 15.1 Å². The number of ether oxygens (including phenoxy) is 2. The Balaban J connectivity index is 1.17. The normalized spacial score (nSPS) is 21.9. The number of carbonyl (C=O) groups is 2. The van der Waals surface area contributed by atoms with Crippen LogP contribution in [-0.4, -0.2) is 30.1 Å². The van der Waals surface area contributed by atoms with E-state index < -0.39 is 11.8 Å². The van der Waals surface area contributed by atoms with Gasteiger partial charge in [-0.15, -0.1) is 0 Å². The zero-order valence-electron chi connectivity index (χ0n) is 22.3. The molecule has 3 aliphatic carbocycles. The highest BCUT2D eigenvalue weighted by Gasteiger charge is 2.61. The van der Waals surface area contributed by atoms with E-state index in [1.165, 1.54) is 13.3 Å². The molecule has 0 saturated carbocycles. The number of rotatable bonds is 6. The monoisotopic (exact) mass is 616 g/mol. The number of hydrogen-bond donors (Lipinski definition) is 0. The van der Waals surface area contributed by atoms with Gasteiger partial charge >= 0.3 is 0 Å². The minimum atomic E-state index is -0.502. The SMILES string of the molecule is COc1cc(/C=N\N2C(=O)[C@@H]3C4c5ccccc5C(c5ccccc54)[C@H]3C2=O)cc(Cl)c1OCc1ccc(Cl)cc1Cl. The Morgan fingerprint density at radius 1 is 0.786 bits per heavy atom. The second kappa shape index (κ2) is 10.5. The van der Waals surface area contributed by atoms with Crippen LogP contribution in [0.15, 0.2) is 84.0 Å². The molecule has 0 aromatic heterocycles. The lowest BCUT2D eigenvalue weighted by atomic mass is 9.55. The van der Waals surface area contributed by atoms with Gasteiger partial charge in [0.1, 0.15) is 6.61 Å². The fourth-order valence-electron chi connectivity index (χ4n) is 6.64. The molecule has 2 amide bonds. The van der Waals surface area contributed by atoms with Crippen LogP contribution in [0, 0.1) is 11.8 Å². The average Bonchev–Trinajstić information content (AvgIpc) is 3.25. The van der Waals surface area contributed by atoms with Gasteiger partial charge in [-0.1, -0.05) is 89.4 Å². The zero-order valence-corrected chi connectivity index (χ0v) is 24.5. The molecule has 2 atom stereocenters. The Kier molecular flexibility index (Phi) is 6.73. The van der Waals surface area contributed by atoms with Gasteiger partial charge in [-0.2, -0.15) is 10.1 Å². The first-order valence-electron chi connectivity index (χ1n) is 13.4. The van der Waals surface area contributed by atoms with Crippen molar-refractivity contribution in [2.75, 3.05) is 7.11 Å². The first kappa shape index (κ1) is 27.0. The van der Waals surface area contributed by atoms with E-state index in [4.69, 9.17) is 44.3 Å². The van der Waals surface area contributed by atoms with E-state index in [1.807, 2.05) is 24.3 Å². The van der Waals surface area contributed by atoms with Gasteiger partial charge in [0.15, 0.2) is 11.5 Å². The second-order valence-corrected chi connectivity index (χ2v) is 11.8. The van der Waals surface area contributed by atoms with Crippen LogP contribution in [0.4, 0.5) is 0 Å². The van der Waals surface area contributed by atoms with Crippen LogP contribution in [0.3, 0.4) is 0 Å². The molecule has 4 aliphatic rings. The molecule has 4 aromatic rings. The van der Waals surface area contributed by atoms with E-state index in [1.54, 1.807) is 30.3 Å². The topological polar surface area (TPSA) is 68.2 Å². The van der Waals surface area contributed by atoms with Crippen LogP contribution in [-0.2, 0) is 16.2 Å². The summed E-state index contributed by atoms with van der Waals surface area (Å²) in [6.45, 7) is 0.145. The number of benzene rings is 4. The average molecular weight is 618 g/mol. The third-order valence-corrected chi connectivity index (χ3v) is 9.25. The Bertz CT molecular complexity index is 1690. The molecule has 0 spiro atoms. The molecule has 0 unspecified atom stereocenters. The number of nitrogens with zero attached hydrogens (tertiary/aromatic N) is 2. The van der Waals surface area contributed by atoms with Crippen molar-refractivity contribution in [2.24, 2.45) is 16.9 Å². The summed E-state index contributed by atoms with van der Waals surface area (Å²) in [6, 6.07) is 24.7. The Morgan fingerprint density at radius 2 is 1.36 bits per heavy atom. The van der Waals surface area contributed by atoms with Crippen molar-refractivity contribution in [1.82, 2.24) is 5.01 Å². The second-order valence-electron chi connectivity index (χ2n) is 10.6. The summed E-state index contributed by atoms with van der Waals surface area (Å²) >= 11 is 18.8. The lowest BCUT2D eigenvalue weighted by molar-refractivity contribution is -0.139. The van der Waals surface area contributed by atoms with Gasteiger partial charge in [-0.3, -0.25) is 9.59 Å². The molecule has 4 aromatic carbocycles. The van der Waals surface area contributed by atoms with Crippen LogP contribution in [0.1, 0.15) is 45.2 Å². The summed E-state index contributed by atoms with van der Waals surface area (Å²) in [5, 5.41) is 6.69. The van der Waals surface area contributed by atoms with Gasteiger partial charge in [0, 0.05) is 27.4 Å². The smallest absolute Gasteiger partial charge is 0.254 e. The summed E-state index contributed by atoms with van der Waals surface area (Å²) < 4.78 is 11.5. The van der Waals surface area contributed by atoms with Gasteiger partial charge in [0.05, 0.1) is 30.2 Å². The fraction of sp³-hybridized carbons (Fsp3) is 0.182. The van der Waals surface area contributed by atoms with E-state index in [2.05, 4.69) is 29.4 Å². The highest BCUT2D eigenvalue weighted by molar-refractivity contribution is 6.35. The molecule has 210 valence electrons. The molecule has 0 radical (unpaired) electrons. The van der Waals surface area contributed by atoms with Gasteiger partial charge in [-0.05, 0) is 52.1 Å². The van der Waals surface area contributed by atoms with E-state index in [0.717, 1.165) is 32.8 Å². The van der Waals surface area contributed by atoms with Crippen LogP contribution in [0.25, 0.3) is 0 Å². The van der Waals surface area contributed by atoms with Crippen LogP contribution >= 0.6 is 34.8 Å². The van der Waals surface area contributed by atoms with E-state index in [9.17, 15) is 9.59 Å². The van der Waals surface area contributed by atoms with Crippen molar-refractivity contribution in [1.29, 1.82) is 0 Å². The Hall–Kier alpha value is -3.84. The van der Waals surface area contributed by atoms with E-state index >= 15 is 0 Å². The number of hydrazone groups is 1. The molecular formula is C33H23Cl3N2O4. The van der Waals surface area contributed by atoms with Crippen LogP contribution < -0.4 is 9.47 Å². The number of carbonyl (C=O) groups excluding carboxylic acids is 2. The quantitative estimate of drug-likeness (QED) is 0.166. The molecule has 8 rings (SSSR count). The molecule has 1 fully saturated rings. The summed E-state index contributed by atoms with van der Waals surface area (Å²) in [5.74, 6) is -1.28. The first-order valence-corrected chi connectivity index (χ1v) is 14.5. The number of halogens is 3. The van der Waals surface area contributed by atoms with Crippen molar-refractivity contribution < 1.29 is 19.1 Å². The van der Waals surface area contributed by atoms with E-state index in [0.29, 0.717) is 27.1 Å². The van der Waals surface area contributed by atoms with Crippen LogP contribution in [0.5, 0.6) is 11.5 Å². The Morgan fingerprint density at radius 3 is 1.88 bits per heavy atom. The predicted octanol–water partition coefficient (Wildman–Crippen LogP) is 7.46. The number of hydrogen-bond acceptors (Lipinski definition) is 5. The summed E-state index contributed by atoms with van der Waals surface area (Å²) in [5.41, 5.74) is 5.72.